The van der Waals surface area contributed by atoms with E-state index in [0.29, 0.717) is 6.42 Å². The van der Waals surface area contributed by atoms with Crippen molar-refractivity contribution in [1.29, 1.82) is 0 Å². The van der Waals surface area contributed by atoms with E-state index in [1.807, 2.05) is 45.9 Å². The number of nitrogens with zero attached hydrogens (tertiary/aromatic N) is 2. The predicted octanol–water partition coefficient (Wildman–Crippen LogP) is 3.80. The van der Waals surface area contributed by atoms with E-state index in [1.54, 1.807) is 6.08 Å². The van der Waals surface area contributed by atoms with Crippen LogP contribution in [0, 0.1) is 13.8 Å². The molecule has 0 amide bonds. The first kappa shape index (κ1) is 23.5. The Morgan fingerprint density at radius 3 is 2.06 bits per heavy atom. The van der Waals surface area contributed by atoms with E-state index in [2.05, 4.69) is 21.0 Å². The fourth-order valence-electron chi connectivity index (χ4n) is 1.07. The maximum Gasteiger partial charge on any atom is 0.141 e. The zero-order chi connectivity index (χ0) is 14.0. The second kappa shape index (κ2) is 13.9. The number of allylic oxidation sites excluding steroid dienone is 1. The molecule has 1 heterocycles. The van der Waals surface area contributed by atoms with Crippen molar-refractivity contribution < 1.29 is 37.8 Å². The molecule has 3 nitrogen and oxygen atoms in total. The van der Waals surface area contributed by atoms with Gasteiger partial charge in [-0.2, -0.15) is 0 Å². The van der Waals surface area contributed by atoms with Gasteiger partial charge in [0.05, 0.1) is 5.69 Å². The molecule has 5 heteroatoms. The van der Waals surface area contributed by atoms with Crippen LogP contribution in [0.5, 0.6) is 0 Å². The largest absolute Gasteiger partial charge is 0.385 e. The molecule has 0 aromatic carbocycles. The fraction of sp³-hybridized carbons (Fsp3) is 0.615. The van der Waals surface area contributed by atoms with Gasteiger partial charge < -0.3 is 9.44 Å². The number of hydrogen-bond donors (Lipinski definition) is 1. The summed E-state index contributed by atoms with van der Waals surface area (Å²) in [5.41, 5.74) is 2.06. The van der Waals surface area contributed by atoms with Gasteiger partial charge in [0, 0.05) is 38.4 Å². The normalized spacial score (nSPS) is 10.0. The Balaban J connectivity index is -0.000000329. The monoisotopic (exact) mass is 347 g/mol. The quantitative estimate of drug-likeness (QED) is 0.653. The topological polar surface area (TPSA) is 38.1 Å². The van der Waals surface area contributed by atoms with Crippen LogP contribution in [-0.2, 0) is 32.7 Å². The Kier molecular flexibility index (Phi) is 18.1. The van der Waals surface area contributed by atoms with Crippen molar-refractivity contribution in [3.05, 3.63) is 29.9 Å². The molecule has 1 N–H and O–H groups in total. The van der Waals surface area contributed by atoms with Crippen molar-refractivity contribution in [3.8, 4) is 0 Å². The van der Waals surface area contributed by atoms with E-state index in [9.17, 15) is 5.11 Å². The minimum absolute atomic E-state index is 0. The number of aromatic nitrogens is 2. The van der Waals surface area contributed by atoms with Gasteiger partial charge in [0.2, 0.25) is 0 Å². The van der Waals surface area contributed by atoms with Crippen molar-refractivity contribution >= 4 is 9.39 Å². The van der Waals surface area contributed by atoms with Crippen LogP contribution in [0.4, 0.5) is 0 Å². The predicted molar refractivity (Wildman–Crippen MR) is 79.3 cm³/mol. The van der Waals surface area contributed by atoms with Gasteiger partial charge in [0.1, 0.15) is 11.9 Å². The minimum atomic E-state index is -0.449. The molecule has 0 aliphatic rings. The molecule has 2 unspecified atom stereocenters. The summed E-state index contributed by atoms with van der Waals surface area (Å²) in [6.07, 6.45) is 2.00. The molecule has 18 heavy (non-hydrogen) atoms. The Morgan fingerprint density at radius 1 is 1.44 bits per heavy atom. The van der Waals surface area contributed by atoms with Gasteiger partial charge in [-0.3, -0.25) is 0 Å². The fourth-order valence-corrected chi connectivity index (χ4v) is 1.49. The van der Waals surface area contributed by atoms with E-state index in [0.717, 1.165) is 17.2 Å². The molecular weight excluding hydrogens is 320 g/mol. The van der Waals surface area contributed by atoms with Gasteiger partial charge >= 0.3 is 0 Å². The summed E-state index contributed by atoms with van der Waals surface area (Å²) in [6, 6.07) is 0. The standard InChI is InChI=1S/C8H15N2OP.C3H6.C2H6.Y/c1-4-7(11)8-9-5(2)6(3)10(8)12;1-3-2;1-2;/h7,11H,4,12H2,1-3H3;3H,1H2,2H3;1-2H3;. The zero-order valence-corrected chi connectivity index (χ0v) is 16.6. The molecule has 0 aliphatic carbocycles. The summed E-state index contributed by atoms with van der Waals surface area (Å²) >= 11 is 0. The minimum Gasteiger partial charge on any atom is -0.385 e. The zero-order valence-electron chi connectivity index (χ0n) is 12.6. The Morgan fingerprint density at radius 2 is 1.83 bits per heavy atom. The molecule has 0 saturated heterocycles. The van der Waals surface area contributed by atoms with Crippen molar-refractivity contribution in [1.82, 2.24) is 9.32 Å². The van der Waals surface area contributed by atoms with Crippen molar-refractivity contribution in [2.75, 3.05) is 0 Å². The SMILES string of the molecule is C=CC.CC.CCC(O)c1nc(C)c(C)n1P.[Y]. The maximum atomic E-state index is 9.55. The van der Waals surface area contributed by atoms with Gasteiger partial charge in [-0.1, -0.05) is 26.8 Å². The average Bonchev–Trinajstić information content (AvgIpc) is 2.60. The number of rotatable bonds is 2. The molecular formula is C13H27N2OPY. The van der Waals surface area contributed by atoms with Gasteiger partial charge in [0.15, 0.2) is 0 Å². The first-order valence-electron chi connectivity index (χ1n) is 6.05. The second-order valence-electron chi connectivity index (χ2n) is 3.34. The Labute approximate surface area is 140 Å². The molecule has 1 radical (unpaired) electrons. The van der Waals surface area contributed by atoms with E-state index in [1.165, 1.54) is 0 Å². The average molecular weight is 347 g/mol. The summed E-state index contributed by atoms with van der Waals surface area (Å²) in [4.78, 5) is 4.27. The first-order valence-corrected chi connectivity index (χ1v) is 6.57. The van der Waals surface area contributed by atoms with Crippen LogP contribution in [0.15, 0.2) is 12.7 Å². The maximum absolute atomic E-state index is 9.55. The van der Waals surface area contributed by atoms with Gasteiger partial charge in [-0.05, 0) is 36.6 Å². The molecule has 1 aromatic rings. The molecule has 0 aliphatic heterocycles. The molecule has 0 spiro atoms. The summed E-state index contributed by atoms with van der Waals surface area (Å²) in [5.74, 6) is 0.734. The van der Waals surface area contributed by atoms with Gasteiger partial charge in [-0.15, -0.1) is 6.58 Å². The number of aliphatic hydroxyl groups excluding tert-OH is 1. The Bertz CT molecular complexity index is 327. The van der Waals surface area contributed by atoms with Gasteiger partial charge in [0.25, 0.3) is 0 Å². The van der Waals surface area contributed by atoms with Crippen molar-refractivity contribution in [2.24, 2.45) is 0 Å². The van der Waals surface area contributed by atoms with E-state index >= 15 is 0 Å². The molecule has 103 valence electrons. The van der Waals surface area contributed by atoms with E-state index in [4.69, 9.17) is 0 Å². The third kappa shape index (κ3) is 7.79. The van der Waals surface area contributed by atoms with Crippen LogP contribution >= 0.6 is 9.39 Å². The molecule has 0 fully saturated rings. The summed E-state index contributed by atoms with van der Waals surface area (Å²) in [5, 5.41) is 9.55. The van der Waals surface area contributed by atoms with Crippen LogP contribution < -0.4 is 0 Å². The van der Waals surface area contributed by atoms with Crippen molar-refractivity contribution in [2.45, 2.75) is 54.1 Å². The van der Waals surface area contributed by atoms with Crippen molar-refractivity contribution in [3.63, 3.8) is 0 Å². The third-order valence-corrected chi connectivity index (χ3v) is 2.75. The number of hydrogen-bond acceptors (Lipinski definition) is 2. The first-order chi connectivity index (χ1) is 7.99. The smallest absolute Gasteiger partial charge is 0.141 e. The van der Waals surface area contributed by atoms with Crippen LogP contribution in [0.25, 0.3) is 0 Å². The summed E-state index contributed by atoms with van der Waals surface area (Å²) in [6.45, 7) is 15.1. The number of aliphatic hydroxyl groups is 1. The molecule has 1 rings (SSSR count). The second-order valence-corrected chi connectivity index (χ2v) is 3.86. The Hall–Kier alpha value is 0.444. The van der Waals surface area contributed by atoms with Crippen LogP contribution in [0.3, 0.4) is 0 Å². The molecule has 0 bridgehead atoms. The van der Waals surface area contributed by atoms with Crippen LogP contribution in [0.1, 0.15) is 57.4 Å². The summed E-state index contributed by atoms with van der Waals surface area (Å²) in [7, 11) is 2.56. The summed E-state index contributed by atoms with van der Waals surface area (Å²) < 4.78 is 1.86. The van der Waals surface area contributed by atoms with Crippen LogP contribution in [0.2, 0.25) is 0 Å². The number of aryl methyl sites for hydroxylation is 1. The number of imidazole rings is 1. The third-order valence-electron chi connectivity index (χ3n) is 2.10. The van der Waals surface area contributed by atoms with Gasteiger partial charge in [-0.25, -0.2) is 4.98 Å². The van der Waals surface area contributed by atoms with Crippen LogP contribution in [-0.4, -0.2) is 14.4 Å². The molecule has 2 atom stereocenters. The van der Waals surface area contributed by atoms with E-state index in [-0.39, 0.29) is 32.7 Å². The molecule has 1 aromatic heterocycles. The molecule has 0 saturated carbocycles. The van der Waals surface area contributed by atoms with E-state index < -0.39 is 6.10 Å².